The lowest BCUT2D eigenvalue weighted by molar-refractivity contribution is -0.148. The summed E-state index contributed by atoms with van der Waals surface area (Å²) in [5.74, 6) is -0.537. The van der Waals surface area contributed by atoms with E-state index in [0.717, 1.165) is 12.0 Å². The Balaban J connectivity index is 2.51. The first-order valence-corrected chi connectivity index (χ1v) is 7.18. The Hall–Kier alpha value is -2.04. The Morgan fingerprint density at radius 2 is 1.81 bits per heavy atom. The number of amides is 1. The molecule has 21 heavy (non-hydrogen) atoms. The minimum Gasteiger partial charge on any atom is -0.459 e. The van der Waals surface area contributed by atoms with Crippen LogP contribution < -0.4 is 5.32 Å². The normalized spacial score (nSPS) is 11.8. The van der Waals surface area contributed by atoms with Crippen LogP contribution in [-0.4, -0.2) is 24.7 Å². The maximum absolute atomic E-state index is 12.1. The summed E-state index contributed by atoms with van der Waals surface area (Å²) < 4.78 is 10.2. The van der Waals surface area contributed by atoms with Crippen molar-refractivity contribution in [2.24, 2.45) is 5.92 Å². The summed E-state index contributed by atoms with van der Waals surface area (Å²) in [6.45, 7) is 6.11. The van der Waals surface area contributed by atoms with Crippen molar-refractivity contribution in [3.8, 4) is 0 Å². The molecule has 1 aromatic rings. The van der Waals surface area contributed by atoms with Crippen molar-refractivity contribution in [1.82, 2.24) is 5.32 Å². The van der Waals surface area contributed by atoms with Crippen LogP contribution in [0.1, 0.15) is 32.8 Å². The maximum atomic E-state index is 12.1. The van der Waals surface area contributed by atoms with Gasteiger partial charge in [-0.05, 0) is 17.9 Å². The number of nitrogens with one attached hydrogen (secondary N) is 1. The van der Waals surface area contributed by atoms with Gasteiger partial charge >= 0.3 is 12.1 Å². The molecule has 5 nitrogen and oxygen atoms in total. The highest BCUT2D eigenvalue weighted by molar-refractivity contribution is 5.81. The first-order valence-electron chi connectivity index (χ1n) is 7.18. The lowest BCUT2D eigenvalue weighted by Crippen LogP contribution is -2.45. The topological polar surface area (TPSA) is 64.6 Å². The Bertz CT molecular complexity index is 445. The van der Waals surface area contributed by atoms with Gasteiger partial charge in [0.2, 0.25) is 0 Å². The van der Waals surface area contributed by atoms with Crippen molar-refractivity contribution in [3.05, 3.63) is 35.9 Å². The molecular formula is C16H23NO4. The van der Waals surface area contributed by atoms with Gasteiger partial charge in [-0.25, -0.2) is 9.59 Å². The summed E-state index contributed by atoms with van der Waals surface area (Å²) in [5, 5.41) is 2.55. The summed E-state index contributed by atoms with van der Waals surface area (Å²) >= 11 is 0. The summed E-state index contributed by atoms with van der Waals surface area (Å²) in [6, 6.07) is 8.69. The molecule has 0 radical (unpaired) electrons. The summed E-state index contributed by atoms with van der Waals surface area (Å²) in [4.78, 5) is 23.6. The third-order valence-corrected chi connectivity index (χ3v) is 2.86. The van der Waals surface area contributed by atoms with E-state index in [1.165, 1.54) is 0 Å². The van der Waals surface area contributed by atoms with Gasteiger partial charge in [-0.2, -0.15) is 0 Å². The van der Waals surface area contributed by atoms with Crippen molar-refractivity contribution >= 4 is 12.1 Å². The van der Waals surface area contributed by atoms with E-state index in [0.29, 0.717) is 6.61 Å². The molecule has 0 bridgehead atoms. The van der Waals surface area contributed by atoms with Crippen LogP contribution in [0.5, 0.6) is 0 Å². The van der Waals surface area contributed by atoms with Crippen molar-refractivity contribution in [2.45, 2.75) is 39.8 Å². The van der Waals surface area contributed by atoms with Gasteiger partial charge in [0.1, 0.15) is 12.6 Å². The van der Waals surface area contributed by atoms with Crippen molar-refractivity contribution in [3.63, 3.8) is 0 Å². The smallest absolute Gasteiger partial charge is 0.407 e. The second-order valence-electron chi connectivity index (χ2n) is 5.10. The van der Waals surface area contributed by atoms with Crippen LogP contribution in [0.15, 0.2) is 30.3 Å². The Morgan fingerprint density at radius 1 is 1.14 bits per heavy atom. The van der Waals surface area contributed by atoms with Crippen LogP contribution in [0, 0.1) is 5.92 Å². The Labute approximate surface area is 125 Å². The first-order chi connectivity index (χ1) is 10.0. The number of esters is 1. The van der Waals surface area contributed by atoms with E-state index in [1.807, 2.05) is 51.1 Å². The van der Waals surface area contributed by atoms with Crippen LogP contribution in [0.25, 0.3) is 0 Å². The molecule has 0 saturated carbocycles. The number of alkyl carbamates (subject to hydrolysis) is 1. The molecule has 116 valence electrons. The van der Waals surface area contributed by atoms with Crippen LogP contribution in [0.4, 0.5) is 4.79 Å². The average molecular weight is 293 g/mol. The van der Waals surface area contributed by atoms with Crippen molar-refractivity contribution in [2.75, 3.05) is 6.61 Å². The molecule has 0 spiro atoms. The van der Waals surface area contributed by atoms with E-state index >= 15 is 0 Å². The molecule has 0 aliphatic rings. The van der Waals surface area contributed by atoms with Gasteiger partial charge in [0.05, 0.1) is 6.61 Å². The van der Waals surface area contributed by atoms with Crippen LogP contribution in [0.3, 0.4) is 0 Å². The quantitative estimate of drug-likeness (QED) is 0.785. The number of hydrogen-bond donors (Lipinski definition) is 1. The zero-order valence-corrected chi connectivity index (χ0v) is 12.8. The molecule has 1 N–H and O–H groups in total. The fourth-order valence-corrected chi connectivity index (χ4v) is 1.68. The Morgan fingerprint density at radius 3 is 2.38 bits per heavy atom. The van der Waals surface area contributed by atoms with Crippen LogP contribution >= 0.6 is 0 Å². The highest BCUT2D eigenvalue weighted by Gasteiger charge is 2.26. The third kappa shape index (κ3) is 6.29. The summed E-state index contributed by atoms with van der Waals surface area (Å²) in [7, 11) is 0. The van der Waals surface area contributed by atoms with E-state index in [4.69, 9.17) is 9.47 Å². The fourth-order valence-electron chi connectivity index (χ4n) is 1.68. The van der Waals surface area contributed by atoms with Gasteiger partial charge in [-0.1, -0.05) is 51.1 Å². The molecule has 5 heteroatoms. The number of carbonyl (C=O) groups is 2. The third-order valence-electron chi connectivity index (χ3n) is 2.86. The SMILES string of the molecule is CCCOC(=O)NC(C(=O)OCc1ccccc1)C(C)C. The van der Waals surface area contributed by atoms with Crippen molar-refractivity contribution in [1.29, 1.82) is 0 Å². The lowest BCUT2D eigenvalue weighted by atomic mass is 10.1. The predicted molar refractivity (Wildman–Crippen MR) is 79.6 cm³/mol. The second kappa shape index (κ2) is 9.00. The average Bonchev–Trinajstić information content (AvgIpc) is 2.49. The minimum absolute atomic E-state index is 0.0811. The number of rotatable bonds is 7. The van der Waals surface area contributed by atoms with Gasteiger partial charge in [0.25, 0.3) is 0 Å². The molecule has 0 aliphatic heterocycles. The summed E-state index contributed by atoms with van der Waals surface area (Å²) in [5.41, 5.74) is 0.905. The van der Waals surface area contributed by atoms with Gasteiger partial charge in [0, 0.05) is 0 Å². The molecule has 0 aromatic heterocycles. The lowest BCUT2D eigenvalue weighted by Gasteiger charge is -2.20. The summed E-state index contributed by atoms with van der Waals surface area (Å²) in [6.07, 6.45) is 0.144. The largest absolute Gasteiger partial charge is 0.459 e. The minimum atomic E-state index is -0.710. The molecule has 1 aromatic carbocycles. The zero-order chi connectivity index (χ0) is 15.7. The molecule has 1 amide bonds. The molecule has 1 atom stereocenters. The zero-order valence-electron chi connectivity index (χ0n) is 12.8. The molecule has 0 heterocycles. The van der Waals surface area contributed by atoms with Gasteiger partial charge < -0.3 is 14.8 Å². The van der Waals surface area contributed by atoms with Crippen LogP contribution in [-0.2, 0) is 20.9 Å². The van der Waals surface area contributed by atoms with E-state index in [2.05, 4.69) is 5.32 Å². The highest BCUT2D eigenvalue weighted by Crippen LogP contribution is 2.07. The van der Waals surface area contributed by atoms with Gasteiger partial charge in [0.15, 0.2) is 0 Å². The fraction of sp³-hybridized carbons (Fsp3) is 0.500. The predicted octanol–water partition coefficient (Wildman–Crippen LogP) is 2.89. The first kappa shape index (κ1) is 17.0. The van der Waals surface area contributed by atoms with Gasteiger partial charge in [-0.15, -0.1) is 0 Å². The Kier molecular flexibility index (Phi) is 7.29. The molecule has 1 rings (SSSR count). The van der Waals surface area contributed by atoms with Gasteiger partial charge in [-0.3, -0.25) is 0 Å². The van der Waals surface area contributed by atoms with E-state index in [-0.39, 0.29) is 12.5 Å². The monoisotopic (exact) mass is 293 g/mol. The number of benzene rings is 1. The molecule has 1 unspecified atom stereocenters. The van der Waals surface area contributed by atoms with Crippen LogP contribution in [0.2, 0.25) is 0 Å². The molecule has 0 aliphatic carbocycles. The molecular weight excluding hydrogens is 270 g/mol. The second-order valence-corrected chi connectivity index (χ2v) is 5.10. The number of ether oxygens (including phenoxy) is 2. The van der Waals surface area contributed by atoms with E-state index in [1.54, 1.807) is 0 Å². The van der Waals surface area contributed by atoms with E-state index in [9.17, 15) is 9.59 Å². The van der Waals surface area contributed by atoms with Crippen molar-refractivity contribution < 1.29 is 19.1 Å². The molecule has 0 saturated heterocycles. The number of hydrogen-bond acceptors (Lipinski definition) is 4. The number of carbonyl (C=O) groups excluding carboxylic acids is 2. The maximum Gasteiger partial charge on any atom is 0.407 e. The highest BCUT2D eigenvalue weighted by atomic mass is 16.6. The molecule has 0 fully saturated rings. The van der Waals surface area contributed by atoms with E-state index < -0.39 is 18.1 Å². The standard InChI is InChI=1S/C16H23NO4/c1-4-10-20-16(19)17-14(12(2)3)15(18)21-11-13-8-6-5-7-9-13/h5-9,12,14H,4,10-11H2,1-3H3,(H,17,19).